The molecule has 2 rings (SSSR count). The van der Waals surface area contributed by atoms with E-state index in [-0.39, 0.29) is 15.7 Å². The molecule has 0 unspecified atom stereocenters. The standard InChI is InChI=1S/C10H6Cl3N3OS/c1-4-2-7(17)15-10(14-4)18-9-6(12)3-5(11)8(13)16-9/h2-3H,1H3,(H,14,15,17). The van der Waals surface area contributed by atoms with Gasteiger partial charge in [0, 0.05) is 11.8 Å². The summed E-state index contributed by atoms with van der Waals surface area (Å²) in [5.74, 6) is 0. The fourth-order valence-corrected chi connectivity index (χ4v) is 2.67. The van der Waals surface area contributed by atoms with Gasteiger partial charge in [-0.3, -0.25) is 4.79 Å². The van der Waals surface area contributed by atoms with Crippen molar-refractivity contribution in [3.63, 3.8) is 0 Å². The van der Waals surface area contributed by atoms with E-state index in [4.69, 9.17) is 34.8 Å². The van der Waals surface area contributed by atoms with Crippen LogP contribution in [0.3, 0.4) is 0 Å². The minimum Gasteiger partial charge on any atom is -0.301 e. The SMILES string of the molecule is Cc1cc(=O)[nH]c(Sc2nc(Cl)c(Cl)cc2Cl)n1. The van der Waals surface area contributed by atoms with Gasteiger partial charge in [-0.1, -0.05) is 34.8 Å². The first-order valence-electron chi connectivity index (χ1n) is 4.73. The van der Waals surface area contributed by atoms with Crippen LogP contribution in [0.2, 0.25) is 15.2 Å². The molecular weight excluding hydrogens is 317 g/mol. The maximum atomic E-state index is 11.3. The van der Waals surface area contributed by atoms with Gasteiger partial charge in [0.15, 0.2) is 5.16 Å². The van der Waals surface area contributed by atoms with Gasteiger partial charge in [0.1, 0.15) is 10.2 Å². The molecular formula is C10H6Cl3N3OS. The van der Waals surface area contributed by atoms with Crippen molar-refractivity contribution in [1.82, 2.24) is 15.0 Å². The average Bonchev–Trinajstić information content (AvgIpc) is 2.24. The van der Waals surface area contributed by atoms with E-state index in [9.17, 15) is 4.79 Å². The Kier molecular flexibility index (Phi) is 4.17. The van der Waals surface area contributed by atoms with Crippen molar-refractivity contribution in [3.05, 3.63) is 43.4 Å². The summed E-state index contributed by atoms with van der Waals surface area (Å²) >= 11 is 18.7. The lowest BCUT2D eigenvalue weighted by Crippen LogP contribution is -2.08. The monoisotopic (exact) mass is 321 g/mol. The van der Waals surface area contributed by atoms with Crippen molar-refractivity contribution in [2.75, 3.05) is 0 Å². The average molecular weight is 323 g/mol. The molecule has 0 aromatic carbocycles. The van der Waals surface area contributed by atoms with Gasteiger partial charge in [0.25, 0.3) is 5.56 Å². The third-order valence-electron chi connectivity index (χ3n) is 1.90. The summed E-state index contributed by atoms with van der Waals surface area (Å²) in [7, 11) is 0. The van der Waals surface area contributed by atoms with E-state index in [1.54, 1.807) is 6.92 Å². The molecule has 1 N–H and O–H groups in total. The highest BCUT2D eigenvalue weighted by Crippen LogP contribution is 2.33. The maximum absolute atomic E-state index is 11.3. The highest BCUT2D eigenvalue weighted by Gasteiger charge is 2.11. The molecule has 0 radical (unpaired) electrons. The van der Waals surface area contributed by atoms with Gasteiger partial charge < -0.3 is 4.98 Å². The predicted octanol–water partition coefficient (Wildman–Crippen LogP) is 3.58. The van der Waals surface area contributed by atoms with Crippen LogP contribution in [0.1, 0.15) is 5.69 Å². The molecule has 0 aliphatic rings. The van der Waals surface area contributed by atoms with Gasteiger partial charge in [0.2, 0.25) is 0 Å². The van der Waals surface area contributed by atoms with Crippen molar-refractivity contribution in [2.45, 2.75) is 17.1 Å². The Hall–Kier alpha value is -0.750. The van der Waals surface area contributed by atoms with Gasteiger partial charge in [-0.15, -0.1) is 0 Å². The summed E-state index contributed by atoms with van der Waals surface area (Å²) in [6.45, 7) is 1.73. The molecule has 0 amide bonds. The van der Waals surface area contributed by atoms with E-state index in [0.29, 0.717) is 20.9 Å². The first-order chi connectivity index (χ1) is 8.45. The Labute approximate surface area is 122 Å². The molecule has 0 bridgehead atoms. The number of nitrogens with one attached hydrogen (secondary N) is 1. The van der Waals surface area contributed by atoms with Gasteiger partial charge in [-0.2, -0.15) is 0 Å². The van der Waals surface area contributed by atoms with Crippen LogP contribution < -0.4 is 5.56 Å². The summed E-state index contributed by atoms with van der Waals surface area (Å²) in [6.07, 6.45) is 0. The number of nitrogens with zero attached hydrogens (tertiary/aromatic N) is 2. The predicted molar refractivity (Wildman–Crippen MR) is 73.0 cm³/mol. The van der Waals surface area contributed by atoms with Gasteiger partial charge in [0.05, 0.1) is 10.0 Å². The Morgan fingerprint density at radius 1 is 1.17 bits per heavy atom. The Morgan fingerprint density at radius 2 is 1.89 bits per heavy atom. The molecule has 2 heterocycles. The fraction of sp³-hybridized carbons (Fsp3) is 0.100. The normalized spacial score (nSPS) is 10.7. The maximum Gasteiger partial charge on any atom is 0.251 e. The number of halogens is 3. The number of hydrogen-bond donors (Lipinski definition) is 1. The second-order valence-corrected chi connectivity index (χ2v) is 5.49. The molecule has 2 aromatic heterocycles. The minimum absolute atomic E-state index is 0.151. The first kappa shape index (κ1) is 13.7. The number of aromatic nitrogens is 3. The van der Waals surface area contributed by atoms with E-state index in [2.05, 4.69) is 15.0 Å². The van der Waals surface area contributed by atoms with Crippen LogP contribution in [0, 0.1) is 6.92 Å². The Balaban J connectivity index is 2.39. The minimum atomic E-state index is -0.235. The van der Waals surface area contributed by atoms with Crippen LogP contribution in [0.5, 0.6) is 0 Å². The van der Waals surface area contributed by atoms with E-state index in [0.717, 1.165) is 11.8 Å². The molecule has 0 saturated heterocycles. The molecule has 0 fully saturated rings. The smallest absolute Gasteiger partial charge is 0.251 e. The number of hydrogen-bond acceptors (Lipinski definition) is 4. The van der Waals surface area contributed by atoms with Crippen molar-refractivity contribution < 1.29 is 0 Å². The molecule has 94 valence electrons. The molecule has 0 saturated carbocycles. The third kappa shape index (κ3) is 3.17. The summed E-state index contributed by atoms with van der Waals surface area (Å²) in [5, 5.41) is 1.60. The number of aromatic amines is 1. The van der Waals surface area contributed by atoms with Crippen molar-refractivity contribution in [1.29, 1.82) is 0 Å². The number of H-pyrrole nitrogens is 1. The van der Waals surface area contributed by atoms with E-state index in [1.807, 2.05) is 0 Å². The molecule has 8 heteroatoms. The molecule has 0 aliphatic heterocycles. The summed E-state index contributed by atoms with van der Waals surface area (Å²) in [6, 6.07) is 2.89. The van der Waals surface area contributed by atoms with Crippen LogP contribution in [-0.2, 0) is 0 Å². The summed E-state index contributed by atoms with van der Waals surface area (Å²) in [5.41, 5.74) is 0.374. The molecule has 0 atom stereocenters. The van der Waals surface area contributed by atoms with Crippen LogP contribution in [0.4, 0.5) is 0 Å². The summed E-state index contributed by atoms with van der Waals surface area (Å²) in [4.78, 5) is 22.1. The molecule has 4 nitrogen and oxygen atoms in total. The topological polar surface area (TPSA) is 58.6 Å². The van der Waals surface area contributed by atoms with Crippen molar-refractivity contribution in [3.8, 4) is 0 Å². The second kappa shape index (κ2) is 5.48. The Morgan fingerprint density at radius 3 is 2.56 bits per heavy atom. The van der Waals surface area contributed by atoms with Gasteiger partial charge >= 0.3 is 0 Å². The molecule has 0 spiro atoms. The lowest BCUT2D eigenvalue weighted by Gasteiger charge is -2.04. The third-order valence-corrected chi connectivity index (χ3v) is 3.86. The summed E-state index contributed by atoms with van der Waals surface area (Å²) < 4.78 is 0. The number of aryl methyl sites for hydroxylation is 1. The molecule has 18 heavy (non-hydrogen) atoms. The first-order valence-corrected chi connectivity index (χ1v) is 6.68. The highest BCUT2D eigenvalue weighted by molar-refractivity contribution is 7.99. The van der Waals surface area contributed by atoms with Crippen molar-refractivity contribution in [2.24, 2.45) is 0 Å². The van der Waals surface area contributed by atoms with E-state index >= 15 is 0 Å². The van der Waals surface area contributed by atoms with E-state index < -0.39 is 0 Å². The quantitative estimate of drug-likeness (QED) is 0.678. The van der Waals surface area contributed by atoms with Crippen LogP contribution in [0.15, 0.2) is 27.1 Å². The Bertz CT molecular complexity index is 659. The molecule has 2 aromatic rings. The van der Waals surface area contributed by atoms with Gasteiger partial charge in [-0.05, 0) is 24.8 Å². The number of rotatable bonds is 2. The zero-order valence-electron chi connectivity index (χ0n) is 9.00. The van der Waals surface area contributed by atoms with Crippen molar-refractivity contribution >= 4 is 46.6 Å². The molecule has 0 aliphatic carbocycles. The lowest BCUT2D eigenvalue weighted by molar-refractivity contribution is 0.902. The fourth-order valence-electron chi connectivity index (χ4n) is 1.19. The largest absolute Gasteiger partial charge is 0.301 e. The number of pyridine rings is 1. The zero-order chi connectivity index (χ0) is 13.3. The van der Waals surface area contributed by atoms with E-state index in [1.165, 1.54) is 12.1 Å². The second-order valence-electron chi connectivity index (χ2n) is 3.34. The van der Waals surface area contributed by atoms with Crippen LogP contribution in [-0.4, -0.2) is 15.0 Å². The van der Waals surface area contributed by atoms with Gasteiger partial charge in [-0.25, -0.2) is 9.97 Å². The van der Waals surface area contributed by atoms with Crippen LogP contribution in [0.25, 0.3) is 0 Å². The van der Waals surface area contributed by atoms with Crippen LogP contribution >= 0.6 is 46.6 Å². The lowest BCUT2D eigenvalue weighted by atomic mass is 10.5. The highest BCUT2D eigenvalue weighted by atomic mass is 35.5. The zero-order valence-corrected chi connectivity index (χ0v) is 12.1.